The Bertz CT molecular complexity index is 377. The Morgan fingerprint density at radius 2 is 2.19 bits per heavy atom. The zero-order valence-corrected chi connectivity index (χ0v) is 9.49. The molecule has 0 aromatic carbocycles. The van der Waals surface area contributed by atoms with Crippen molar-refractivity contribution in [1.82, 2.24) is 0 Å². The smallest absolute Gasteiger partial charge is 0.373 e. The lowest BCUT2D eigenvalue weighted by atomic mass is 9.84. The van der Waals surface area contributed by atoms with E-state index in [1.807, 2.05) is 6.07 Å². The summed E-state index contributed by atoms with van der Waals surface area (Å²) in [7, 11) is 1.35. The Kier molecular flexibility index (Phi) is 3.01. The summed E-state index contributed by atoms with van der Waals surface area (Å²) < 4.78 is 10.2. The lowest BCUT2D eigenvalue weighted by molar-refractivity contribution is 0.0560. The minimum Gasteiger partial charge on any atom is -0.463 e. The summed E-state index contributed by atoms with van der Waals surface area (Å²) in [5, 5.41) is 0. The van der Waals surface area contributed by atoms with Crippen molar-refractivity contribution in [3.05, 3.63) is 23.7 Å². The number of ether oxygens (including phenoxy) is 1. The first-order valence-electron chi connectivity index (χ1n) is 5.60. The molecule has 1 aliphatic carbocycles. The van der Waals surface area contributed by atoms with Crippen LogP contribution in [0.4, 0.5) is 0 Å². The normalized spacial score (nSPS) is 18.6. The summed E-state index contributed by atoms with van der Waals surface area (Å²) in [6, 6.07) is 3.52. The first kappa shape index (κ1) is 11.2. The van der Waals surface area contributed by atoms with E-state index in [4.69, 9.17) is 10.2 Å². The van der Waals surface area contributed by atoms with Crippen LogP contribution in [0.3, 0.4) is 0 Å². The van der Waals surface area contributed by atoms with Gasteiger partial charge in [0.15, 0.2) is 0 Å². The Labute approximate surface area is 94.8 Å². The zero-order chi connectivity index (χ0) is 11.6. The highest BCUT2D eigenvalue weighted by atomic mass is 16.5. The van der Waals surface area contributed by atoms with E-state index in [0.29, 0.717) is 6.54 Å². The second kappa shape index (κ2) is 4.29. The number of hydrogen-bond donors (Lipinski definition) is 1. The Balaban J connectivity index is 2.26. The molecule has 1 fully saturated rings. The number of rotatable bonds is 3. The van der Waals surface area contributed by atoms with Crippen LogP contribution in [-0.4, -0.2) is 19.6 Å². The van der Waals surface area contributed by atoms with Crippen LogP contribution >= 0.6 is 0 Å². The van der Waals surface area contributed by atoms with E-state index in [1.165, 1.54) is 20.0 Å². The van der Waals surface area contributed by atoms with Gasteiger partial charge in [-0.05, 0) is 25.0 Å². The predicted octanol–water partition coefficient (Wildman–Crippen LogP) is 1.84. The summed E-state index contributed by atoms with van der Waals surface area (Å²) in [6.45, 7) is 0.571. The number of nitrogens with two attached hydrogens (primary N) is 1. The van der Waals surface area contributed by atoms with Crippen LogP contribution in [0.2, 0.25) is 0 Å². The molecule has 0 unspecified atom stereocenters. The molecule has 0 atom stereocenters. The molecule has 1 heterocycles. The molecule has 1 aliphatic rings. The van der Waals surface area contributed by atoms with Crippen molar-refractivity contribution in [1.29, 1.82) is 0 Å². The Morgan fingerprint density at radius 3 is 2.75 bits per heavy atom. The van der Waals surface area contributed by atoms with Crippen molar-refractivity contribution in [2.24, 2.45) is 5.73 Å². The van der Waals surface area contributed by atoms with E-state index in [0.717, 1.165) is 18.6 Å². The van der Waals surface area contributed by atoms with Gasteiger partial charge in [0.2, 0.25) is 5.76 Å². The third-order valence-corrected chi connectivity index (χ3v) is 3.47. The van der Waals surface area contributed by atoms with Gasteiger partial charge in [-0.25, -0.2) is 4.79 Å². The van der Waals surface area contributed by atoms with Gasteiger partial charge in [-0.15, -0.1) is 0 Å². The molecule has 0 amide bonds. The molecule has 0 bridgehead atoms. The van der Waals surface area contributed by atoms with Gasteiger partial charge < -0.3 is 14.9 Å². The highest BCUT2D eigenvalue weighted by molar-refractivity contribution is 5.86. The van der Waals surface area contributed by atoms with Gasteiger partial charge in [0.25, 0.3) is 0 Å². The maximum absolute atomic E-state index is 11.3. The first-order chi connectivity index (χ1) is 7.72. The second-order valence-corrected chi connectivity index (χ2v) is 4.35. The second-order valence-electron chi connectivity index (χ2n) is 4.35. The average Bonchev–Trinajstić information content (AvgIpc) is 2.96. The third-order valence-electron chi connectivity index (χ3n) is 3.47. The van der Waals surface area contributed by atoms with Gasteiger partial charge in [-0.2, -0.15) is 0 Å². The van der Waals surface area contributed by atoms with Gasteiger partial charge in [0, 0.05) is 12.0 Å². The van der Waals surface area contributed by atoms with Crippen LogP contribution in [0.1, 0.15) is 42.0 Å². The van der Waals surface area contributed by atoms with Gasteiger partial charge >= 0.3 is 5.97 Å². The van der Waals surface area contributed by atoms with Crippen molar-refractivity contribution >= 4 is 5.97 Å². The summed E-state index contributed by atoms with van der Waals surface area (Å²) in [5.74, 6) is 0.654. The Hall–Kier alpha value is -1.29. The predicted molar refractivity (Wildman–Crippen MR) is 59.2 cm³/mol. The van der Waals surface area contributed by atoms with Crippen LogP contribution in [0, 0.1) is 0 Å². The van der Waals surface area contributed by atoms with Crippen LogP contribution in [0.25, 0.3) is 0 Å². The van der Waals surface area contributed by atoms with E-state index in [9.17, 15) is 4.79 Å². The van der Waals surface area contributed by atoms with Crippen molar-refractivity contribution in [3.63, 3.8) is 0 Å². The van der Waals surface area contributed by atoms with Gasteiger partial charge in [0.1, 0.15) is 5.76 Å². The first-order valence-corrected chi connectivity index (χ1v) is 5.60. The van der Waals surface area contributed by atoms with Crippen molar-refractivity contribution in [2.45, 2.75) is 31.1 Å². The molecule has 4 nitrogen and oxygen atoms in total. The molecular weight excluding hydrogens is 206 g/mol. The number of carbonyl (C=O) groups is 1. The quantitative estimate of drug-likeness (QED) is 0.794. The lowest BCUT2D eigenvalue weighted by Gasteiger charge is -2.24. The van der Waals surface area contributed by atoms with Crippen molar-refractivity contribution < 1.29 is 13.9 Å². The molecule has 0 saturated heterocycles. The number of hydrogen-bond acceptors (Lipinski definition) is 4. The number of furan rings is 1. The van der Waals surface area contributed by atoms with Gasteiger partial charge in [-0.3, -0.25) is 0 Å². The molecule has 2 N–H and O–H groups in total. The van der Waals surface area contributed by atoms with Gasteiger partial charge in [-0.1, -0.05) is 12.8 Å². The van der Waals surface area contributed by atoms with Crippen LogP contribution in [0.5, 0.6) is 0 Å². The van der Waals surface area contributed by atoms with Crippen molar-refractivity contribution in [2.75, 3.05) is 13.7 Å². The fourth-order valence-electron chi connectivity index (χ4n) is 2.44. The summed E-state index contributed by atoms with van der Waals surface area (Å²) in [5.41, 5.74) is 5.78. The molecule has 0 radical (unpaired) electrons. The topological polar surface area (TPSA) is 65.5 Å². The minimum absolute atomic E-state index is 0.0632. The summed E-state index contributed by atoms with van der Waals surface area (Å²) >= 11 is 0. The van der Waals surface area contributed by atoms with Crippen LogP contribution < -0.4 is 5.73 Å². The molecule has 4 heteroatoms. The molecular formula is C12H17NO3. The van der Waals surface area contributed by atoms with E-state index >= 15 is 0 Å². The highest BCUT2D eigenvalue weighted by Gasteiger charge is 2.37. The molecule has 16 heavy (non-hydrogen) atoms. The number of esters is 1. The Morgan fingerprint density at radius 1 is 1.50 bits per heavy atom. The number of carbonyl (C=O) groups excluding carboxylic acids is 1. The SMILES string of the molecule is COC(=O)c1ccc(C2(CN)CCCC2)o1. The molecule has 1 saturated carbocycles. The average molecular weight is 223 g/mol. The lowest BCUT2D eigenvalue weighted by Crippen LogP contribution is -2.31. The molecule has 1 aromatic rings. The zero-order valence-electron chi connectivity index (χ0n) is 9.49. The molecule has 88 valence electrons. The van der Waals surface area contributed by atoms with E-state index in [2.05, 4.69) is 4.74 Å². The summed E-state index contributed by atoms with van der Waals surface area (Å²) in [4.78, 5) is 11.3. The monoisotopic (exact) mass is 223 g/mol. The third kappa shape index (κ3) is 1.73. The maximum Gasteiger partial charge on any atom is 0.373 e. The van der Waals surface area contributed by atoms with Crippen LogP contribution in [-0.2, 0) is 10.2 Å². The molecule has 0 spiro atoms. The molecule has 2 rings (SSSR count). The van der Waals surface area contributed by atoms with E-state index in [1.54, 1.807) is 6.07 Å². The molecule has 0 aliphatic heterocycles. The van der Waals surface area contributed by atoms with E-state index < -0.39 is 5.97 Å². The maximum atomic E-state index is 11.3. The fraction of sp³-hybridized carbons (Fsp3) is 0.583. The fourth-order valence-corrected chi connectivity index (χ4v) is 2.44. The summed E-state index contributed by atoms with van der Waals surface area (Å²) in [6.07, 6.45) is 4.42. The minimum atomic E-state index is -0.434. The van der Waals surface area contributed by atoms with Crippen LogP contribution in [0.15, 0.2) is 16.5 Å². The standard InChI is InChI=1S/C12H17NO3/c1-15-11(14)9-4-5-10(16-9)12(8-13)6-2-3-7-12/h4-5H,2-3,6-8,13H2,1H3. The van der Waals surface area contributed by atoms with Gasteiger partial charge in [0.05, 0.1) is 7.11 Å². The number of methoxy groups -OCH3 is 1. The van der Waals surface area contributed by atoms with E-state index in [-0.39, 0.29) is 11.2 Å². The highest BCUT2D eigenvalue weighted by Crippen LogP contribution is 2.40. The largest absolute Gasteiger partial charge is 0.463 e. The molecule has 1 aromatic heterocycles. The van der Waals surface area contributed by atoms with Crippen molar-refractivity contribution in [3.8, 4) is 0 Å².